The van der Waals surface area contributed by atoms with Crippen molar-refractivity contribution in [2.45, 2.75) is 11.8 Å². The minimum Gasteiger partial charge on any atom is -0.481 e. The van der Waals surface area contributed by atoms with Crippen molar-refractivity contribution in [1.82, 2.24) is 4.90 Å². The van der Waals surface area contributed by atoms with Crippen LogP contribution in [0, 0.1) is 0 Å². The minimum absolute atomic E-state index is 0.206. The van der Waals surface area contributed by atoms with E-state index in [1.807, 2.05) is 18.2 Å². The molecule has 2 rings (SSSR count). The standard InChI is InChI=1S/C14H15NO3/c1-2-12(16)15-9-8-14(10-15,13(17)18)11-6-4-3-5-7-11/h2-7H,1,8-10H2,(H,17,18). The molecule has 94 valence electrons. The molecule has 0 radical (unpaired) electrons. The summed E-state index contributed by atoms with van der Waals surface area (Å²) in [5.41, 5.74) is -0.239. The molecule has 4 nitrogen and oxygen atoms in total. The largest absolute Gasteiger partial charge is 0.481 e. The third-order valence-electron chi connectivity index (χ3n) is 3.49. The van der Waals surface area contributed by atoms with E-state index in [2.05, 4.69) is 6.58 Å². The van der Waals surface area contributed by atoms with Crippen LogP contribution in [0.2, 0.25) is 0 Å². The van der Waals surface area contributed by atoms with Gasteiger partial charge in [0.2, 0.25) is 5.91 Å². The van der Waals surface area contributed by atoms with Crippen molar-refractivity contribution in [2.24, 2.45) is 0 Å². The quantitative estimate of drug-likeness (QED) is 0.819. The van der Waals surface area contributed by atoms with Gasteiger partial charge in [-0.25, -0.2) is 0 Å². The maximum atomic E-state index is 11.6. The van der Waals surface area contributed by atoms with Crippen LogP contribution in [0.25, 0.3) is 0 Å². The fourth-order valence-corrected chi connectivity index (χ4v) is 2.42. The summed E-state index contributed by atoms with van der Waals surface area (Å²) in [5, 5.41) is 9.53. The molecule has 18 heavy (non-hydrogen) atoms. The molecule has 1 aromatic carbocycles. The molecule has 1 aliphatic heterocycles. The molecule has 1 aliphatic rings. The molecule has 0 saturated carbocycles. The SMILES string of the molecule is C=CC(=O)N1CCC(C(=O)O)(c2ccccc2)C1. The number of rotatable bonds is 3. The predicted molar refractivity (Wildman–Crippen MR) is 67.1 cm³/mol. The maximum absolute atomic E-state index is 11.6. The van der Waals surface area contributed by atoms with E-state index in [-0.39, 0.29) is 12.5 Å². The van der Waals surface area contributed by atoms with Gasteiger partial charge in [-0.2, -0.15) is 0 Å². The van der Waals surface area contributed by atoms with Crippen molar-refractivity contribution in [3.8, 4) is 0 Å². The summed E-state index contributed by atoms with van der Waals surface area (Å²) in [6, 6.07) is 9.09. The molecule has 1 amide bonds. The Morgan fingerprint density at radius 2 is 2.00 bits per heavy atom. The van der Waals surface area contributed by atoms with Crippen LogP contribution in [-0.2, 0) is 15.0 Å². The van der Waals surface area contributed by atoms with Gasteiger partial charge in [0.05, 0.1) is 0 Å². The van der Waals surface area contributed by atoms with E-state index in [1.54, 1.807) is 12.1 Å². The van der Waals surface area contributed by atoms with E-state index in [4.69, 9.17) is 0 Å². The molecular weight excluding hydrogens is 230 g/mol. The van der Waals surface area contributed by atoms with Crippen molar-refractivity contribution in [1.29, 1.82) is 0 Å². The summed E-state index contributed by atoms with van der Waals surface area (Å²) >= 11 is 0. The number of hydrogen-bond acceptors (Lipinski definition) is 2. The highest BCUT2D eigenvalue weighted by molar-refractivity contribution is 5.90. The molecular formula is C14H15NO3. The number of carboxylic acids is 1. The first-order chi connectivity index (χ1) is 8.60. The number of aliphatic carboxylic acids is 1. The highest BCUT2D eigenvalue weighted by Gasteiger charge is 2.47. The van der Waals surface area contributed by atoms with E-state index >= 15 is 0 Å². The molecule has 0 bridgehead atoms. The summed E-state index contributed by atoms with van der Waals surface area (Å²) < 4.78 is 0. The highest BCUT2D eigenvalue weighted by atomic mass is 16.4. The highest BCUT2D eigenvalue weighted by Crippen LogP contribution is 2.35. The van der Waals surface area contributed by atoms with Gasteiger partial charge in [0.25, 0.3) is 0 Å². The van der Waals surface area contributed by atoms with Crippen molar-refractivity contribution in [2.75, 3.05) is 13.1 Å². The second-order valence-electron chi connectivity index (χ2n) is 4.47. The summed E-state index contributed by atoms with van der Waals surface area (Å²) in [7, 11) is 0. The van der Waals surface area contributed by atoms with Crippen LogP contribution in [-0.4, -0.2) is 35.0 Å². The normalized spacial score (nSPS) is 22.8. The first-order valence-corrected chi connectivity index (χ1v) is 5.80. The lowest BCUT2D eigenvalue weighted by molar-refractivity contribution is -0.143. The Hall–Kier alpha value is -2.10. The molecule has 1 N–H and O–H groups in total. The molecule has 1 atom stereocenters. The number of carbonyl (C=O) groups excluding carboxylic acids is 1. The Balaban J connectivity index is 2.35. The second-order valence-corrected chi connectivity index (χ2v) is 4.47. The molecule has 1 heterocycles. The summed E-state index contributed by atoms with van der Waals surface area (Å²) in [6.07, 6.45) is 1.66. The van der Waals surface area contributed by atoms with Crippen LogP contribution in [0.3, 0.4) is 0 Å². The van der Waals surface area contributed by atoms with Crippen molar-refractivity contribution in [3.05, 3.63) is 48.6 Å². The molecule has 1 unspecified atom stereocenters. The third kappa shape index (κ3) is 1.90. The molecule has 0 aromatic heterocycles. The second kappa shape index (κ2) is 4.64. The number of amides is 1. The topological polar surface area (TPSA) is 57.6 Å². The minimum atomic E-state index is -0.986. The van der Waals surface area contributed by atoms with Gasteiger partial charge in [-0.15, -0.1) is 0 Å². The Labute approximate surface area is 106 Å². The van der Waals surface area contributed by atoms with Crippen LogP contribution >= 0.6 is 0 Å². The van der Waals surface area contributed by atoms with Gasteiger partial charge in [-0.3, -0.25) is 9.59 Å². The summed E-state index contributed by atoms with van der Waals surface area (Å²) in [5.74, 6) is -1.10. The fraction of sp³-hybridized carbons (Fsp3) is 0.286. The van der Waals surface area contributed by atoms with Gasteiger partial charge < -0.3 is 10.0 Å². The molecule has 4 heteroatoms. The van der Waals surface area contributed by atoms with Crippen LogP contribution in [0.1, 0.15) is 12.0 Å². The lowest BCUT2D eigenvalue weighted by Crippen LogP contribution is -2.40. The van der Waals surface area contributed by atoms with Gasteiger partial charge in [0.1, 0.15) is 5.41 Å². The Morgan fingerprint density at radius 1 is 1.33 bits per heavy atom. The lowest BCUT2D eigenvalue weighted by atomic mass is 9.80. The molecule has 0 aliphatic carbocycles. The smallest absolute Gasteiger partial charge is 0.316 e. The van der Waals surface area contributed by atoms with Crippen molar-refractivity contribution < 1.29 is 14.7 Å². The molecule has 1 fully saturated rings. The molecule has 0 spiro atoms. The van der Waals surface area contributed by atoms with Crippen LogP contribution in [0.5, 0.6) is 0 Å². The van der Waals surface area contributed by atoms with Crippen LogP contribution < -0.4 is 0 Å². The zero-order valence-electron chi connectivity index (χ0n) is 10.0. The first-order valence-electron chi connectivity index (χ1n) is 5.80. The van der Waals surface area contributed by atoms with E-state index in [0.29, 0.717) is 13.0 Å². The Bertz CT molecular complexity index is 483. The number of carboxylic acid groups (broad SMARTS) is 1. The number of carbonyl (C=O) groups is 2. The Morgan fingerprint density at radius 3 is 2.56 bits per heavy atom. The fourth-order valence-electron chi connectivity index (χ4n) is 2.42. The van der Waals surface area contributed by atoms with Gasteiger partial charge >= 0.3 is 5.97 Å². The molecule has 1 aromatic rings. The maximum Gasteiger partial charge on any atom is 0.316 e. The lowest BCUT2D eigenvalue weighted by Gasteiger charge is -2.24. The predicted octanol–water partition coefficient (Wildman–Crippen LogP) is 1.43. The monoisotopic (exact) mass is 245 g/mol. The van der Waals surface area contributed by atoms with Gasteiger partial charge in [-0.1, -0.05) is 36.9 Å². The van der Waals surface area contributed by atoms with Gasteiger partial charge in [-0.05, 0) is 18.1 Å². The average Bonchev–Trinajstić information content (AvgIpc) is 2.85. The molecule has 1 saturated heterocycles. The van der Waals surface area contributed by atoms with Crippen molar-refractivity contribution in [3.63, 3.8) is 0 Å². The Kier molecular flexibility index (Phi) is 3.19. The van der Waals surface area contributed by atoms with E-state index in [1.165, 1.54) is 11.0 Å². The zero-order chi connectivity index (χ0) is 13.2. The third-order valence-corrected chi connectivity index (χ3v) is 3.49. The number of hydrogen-bond donors (Lipinski definition) is 1. The van der Waals surface area contributed by atoms with Crippen LogP contribution in [0.4, 0.5) is 0 Å². The number of benzene rings is 1. The van der Waals surface area contributed by atoms with Crippen LogP contribution in [0.15, 0.2) is 43.0 Å². The number of likely N-dealkylation sites (tertiary alicyclic amines) is 1. The average molecular weight is 245 g/mol. The van der Waals surface area contributed by atoms with E-state index in [9.17, 15) is 14.7 Å². The van der Waals surface area contributed by atoms with E-state index in [0.717, 1.165) is 5.56 Å². The van der Waals surface area contributed by atoms with Gasteiger partial charge in [0.15, 0.2) is 0 Å². The van der Waals surface area contributed by atoms with E-state index < -0.39 is 11.4 Å². The zero-order valence-corrected chi connectivity index (χ0v) is 10.0. The van der Waals surface area contributed by atoms with Gasteiger partial charge in [0, 0.05) is 13.1 Å². The summed E-state index contributed by atoms with van der Waals surface area (Å²) in [4.78, 5) is 24.7. The first kappa shape index (κ1) is 12.4. The van der Waals surface area contributed by atoms with Crippen molar-refractivity contribution >= 4 is 11.9 Å². The summed E-state index contributed by atoms with van der Waals surface area (Å²) in [6.45, 7) is 4.09. The number of nitrogens with zero attached hydrogens (tertiary/aromatic N) is 1.